The average molecular weight is 248 g/mol. The molecule has 0 bridgehead atoms. The van der Waals surface area contributed by atoms with Gasteiger partial charge < -0.3 is 4.74 Å². The second-order valence-electron chi connectivity index (χ2n) is 2.68. The third-order valence-electron chi connectivity index (χ3n) is 1.62. The topological polar surface area (TPSA) is 56.3 Å². The summed E-state index contributed by atoms with van der Waals surface area (Å²) in [6.45, 7) is 0. The van der Waals surface area contributed by atoms with Gasteiger partial charge in [0.1, 0.15) is 16.7 Å². The first-order valence-electron chi connectivity index (χ1n) is 3.96. The van der Waals surface area contributed by atoms with Gasteiger partial charge in [0.2, 0.25) is 0 Å². The molecule has 0 atom stereocenters. The zero-order chi connectivity index (χ0) is 11.4. The lowest BCUT2D eigenvalue weighted by Gasteiger charge is -2.01. The lowest BCUT2D eigenvalue weighted by atomic mass is 10.1. The van der Waals surface area contributed by atoms with Crippen molar-refractivity contribution in [3.63, 3.8) is 0 Å². The maximum Gasteiger partial charge on any atom is 0.313 e. The standard InChI is InChI=1S/C9H7Cl2NO3/c1-15-9(14)4-6(13)5-2-7(10)12-8(11)3-5/h2-3H,4H2,1H3. The summed E-state index contributed by atoms with van der Waals surface area (Å²) in [7, 11) is 1.21. The van der Waals surface area contributed by atoms with Crippen LogP contribution in [0.25, 0.3) is 0 Å². The molecule has 0 N–H and O–H groups in total. The van der Waals surface area contributed by atoms with Crippen LogP contribution in [0.4, 0.5) is 0 Å². The Labute approximate surface area is 96.2 Å². The Balaban J connectivity index is 2.86. The number of rotatable bonds is 3. The summed E-state index contributed by atoms with van der Waals surface area (Å²) in [6.07, 6.45) is -0.340. The molecule has 1 rings (SSSR count). The van der Waals surface area contributed by atoms with Crippen molar-refractivity contribution in [1.29, 1.82) is 0 Å². The second kappa shape index (κ2) is 5.09. The van der Waals surface area contributed by atoms with Crippen LogP contribution in [0.3, 0.4) is 0 Å². The zero-order valence-electron chi connectivity index (χ0n) is 7.79. The van der Waals surface area contributed by atoms with Crippen LogP contribution in [0.5, 0.6) is 0 Å². The fourth-order valence-electron chi connectivity index (χ4n) is 0.931. The number of carbonyl (C=O) groups is 2. The van der Waals surface area contributed by atoms with Crippen molar-refractivity contribution in [2.24, 2.45) is 0 Å². The van der Waals surface area contributed by atoms with E-state index in [9.17, 15) is 9.59 Å². The number of methoxy groups -OCH3 is 1. The number of halogens is 2. The molecular formula is C9H7Cl2NO3. The van der Waals surface area contributed by atoms with Gasteiger partial charge in [-0.1, -0.05) is 23.2 Å². The Hall–Kier alpha value is -1.13. The van der Waals surface area contributed by atoms with Crippen LogP contribution in [0.1, 0.15) is 16.8 Å². The first-order valence-corrected chi connectivity index (χ1v) is 4.71. The summed E-state index contributed by atoms with van der Waals surface area (Å²) in [5, 5.41) is 0.214. The van der Waals surface area contributed by atoms with Gasteiger partial charge in [-0.3, -0.25) is 9.59 Å². The number of aromatic nitrogens is 1. The molecule has 0 radical (unpaired) electrons. The van der Waals surface area contributed by atoms with Crippen LogP contribution in [0, 0.1) is 0 Å². The van der Waals surface area contributed by atoms with Gasteiger partial charge in [-0.2, -0.15) is 0 Å². The maximum atomic E-state index is 11.5. The van der Waals surface area contributed by atoms with E-state index >= 15 is 0 Å². The van der Waals surface area contributed by atoms with E-state index in [0.29, 0.717) is 0 Å². The Kier molecular flexibility index (Phi) is 4.05. The summed E-state index contributed by atoms with van der Waals surface area (Å²) in [5.74, 6) is -1.02. The van der Waals surface area contributed by atoms with Crippen molar-refractivity contribution >= 4 is 35.0 Å². The fourth-order valence-corrected chi connectivity index (χ4v) is 1.39. The van der Waals surface area contributed by atoms with Gasteiger partial charge in [-0.05, 0) is 12.1 Å². The van der Waals surface area contributed by atoms with Gasteiger partial charge in [0.25, 0.3) is 0 Å². The molecule has 0 aliphatic rings. The third kappa shape index (κ3) is 3.49. The number of carbonyl (C=O) groups excluding carboxylic acids is 2. The maximum absolute atomic E-state index is 11.5. The number of Topliss-reactive ketones (excluding diaryl/α,β-unsaturated/α-hetero) is 1. The summed E-state index contributed by atoms with van der Waals surface area (Å²) >= 11 is 11.2. The Morgan fingerprint density at radius 1 is 1.33 bits per heavy atom. The molecule has 0 amide bonds. The molecule has 1 aromatic heterocycles. The number of hydrogen-bond donors (Lipinski definition) is 0. The third-order valence-corrected chi connectivity index (χ3v) is 2.00. The molecule has 6 heteroatoms. The Morgan fingerprint density at radius 3 is 2.33 bits per heavy atom. The lowest BCUT2D eigenvalue weighted by Crippen LogP contribution is -2.09. The van der Waals surface area contributed by atoms with Crippen LogP contribution in [0.15, 0.2) is 12.1 Å². The van der Waals surface area contributed by atoms with E-state index in [0.717, 1.165) is 0 Å². The predicted octanol–water partition coefficient (Wildman–Crippen LogP) is 2.13. The fraction of sp³-hybridized carbons (Fsp3) is 0.222. The predicted molar refractivity (Wildman–Crippen MR) is 55.2 cm³/mol. The van der Waals surface area contributed by atoms with E-state index in [2.05, 4.69) is 9.72 Å². The van der Waals surface area contributed by atoms with Crippen molar-refractivity contribution in [2.75, 3.05) is 7.11 Å². The number of ether oxygens (including phenoxy) is 1. The monoisotopic (exact) mass is 247 g/mol. The molecule has 1 heterocycles. The zero-order valence-corrected chi connectivity index (χ0v) is 9.30. The summed E-state index contributed by atoms with van der Waals surface area (Å²) in [4.78, 5) is 26.0. The van der Waals surface area contributed by atoms with Crippen LogP contribution < -0.4 is 0 Å². The highest BCUT2D eigenvalue weighted by Crippen LogP contribution is 2.16. The Morgan fingerprint density at radius 2 is 1.87 bits per heavy atom. The van der Waals surface area contributed by atoms with Gasteiger partial charge in [0.05, 0.1) is 7.11 Å². The first-order chi connectivity index (χ1) is 7.02. The van der Waals surface area contributed by atoms with E-state index in [1.807, 2.05) is 0 Å². The van der Waals surface area contributed by atoms with Crippen molar-refractivity contribution in [1.82, 2.24) is 4.98 Å². The smallest absolute Gasteiger partial charge is 0.313 e. The number of hydrogen-bond acceptors (Lipinski definition) is 4. The van der Waals surface area contributed by atoms with Crippen molar-refractivity contribution in [2.45, 2.75) is 6.42 Å². The van der Waals surface area contributed by atoms with E-state index in [1.165, 1.54) is 19.2 Å². The number of pyridine rings is 1. The van der Waals surface area contributed by atoms with Crippen LogP contribution in [0.2, 0.25) is 10.3 Å². The molecule has 0 aromatic carbocycles. The molecule has 80 valence electrons. The molecule has 0 saturated carbocycles. The van der Waals surface area contributed by atoms with Crippen LogP contribution in [-0.4, -0.2) is 23.8 Å². The molecule has 0 saturated heterocycles. The van der Waals surface area contributed by atoms with Gasteiger partial charge >= 0.3 is 5.97 Å². The highest BCUT2D eigenvalue weighted by molar-refractivity contribution is 6.33. The van der Waals surface area contributed by atoms with Crippen molar-refractivity contribution < 1.29 is 14.3 Å². The van der Waals surface area contributed by atoms with Gasteiger partial charge in [0.15, 0.2) is 5.78 Å². The minimum Gasteiger partial charge on any atom is -0.469 e. The Bertz CT molecular complexity index is 386. The van der Waals surface area contributed by atoms with Crippen LogP contribution >= 0.6 is 23.2 Å². The number of nitrogens with zero attached hydrogens (tertiary/aromatic N) is 1. The minimum absolute atomic E-state index is 0.107. The minimum atomic E-state index is -0.607. The van der Waals surface area contributed by atoms with Gasteiger partial charge in [0, 0.05) is 5.56 Å². The number of esters is 1. The van der Waals surface area contributed by atoms with E-state index in [-0.39, 0.29) is 22.3 Å². The van der Waals surface area contributed by atoms with E-state index < -0.39 is 11.8 Å². The molecule has 0 spiro atoms. The van der Waals surface area contributed by atoms with Crippen LogP contribution in [-0.2, 0) is 9.53 Å². The number of ketones is 1. The second-order valence-corrected chi connectivity index (χ2v) is 3.45. The first kappa shape index (κ1) is 11.9. The van der Waals surface area contributed by atoms with E-state index in [4.69, 9.17) is 23.2 Å². The average Bonchev–Trinajstić information content (AvgIpc) is 2.16. The van der Waals surface area contributed by atoms with Gasteiger partial charge in [-0.25, -0.2) is 4.98 Å². The van der Waals surface area contributed by atoms with Gasteiger partial charge in [-0.15, -0.1) is 0 Å². The summed E-state index contributed by atoms with van der Waals surface area (Å²) < 4.78 is 4.36. The molecule has 0 aliphatic heterocycles. The highest BCUT2D eigenvalue weighted by atomic mass is 35.5. The van der Waals surface area contributed by atoms with Crippen molar-refractivity contribution in [3.05, 3.63) is 28.0 Å². The summed E-state index contributed by atoms with van der Waals surface area (Å²) in [6, 6.07) is 2.69. The molecule has 0 unspecified atom stereocenters. The summed E-state index contributed by atoms with van der Waals surface area (Å²) in [5.41, 5.74) is 0.241. The quantitative estimate of drug-likeness (QED) is 0.356. The normalized spacial score (nSPS) is 9.80. The molecule has 15 heavy (non-hydrogen) atoms. The largest absolute Gasteiger partial charge is 0.469 e. The molecule has 1 aromatic rings. The molecule has 0 aliphatic carbocycles. The molecule has 0 fully saturated rings. The molecular weight excluding hydrogens is 241 g/mol. The van der Waals surface area contributed by atoms with Crippen molar-refractivity contribution in [3.8, 4) is 0 Å². The SMILES string of the molecule is COC(=O)CC(=O)c1cc(Cl)nc(Cl)c1. The molecule has 4 nitrogen and oxygen atoms in total. The highest BCUT2D eigenvalue weighted by Gasteiger charge is 2.13. The lowest BCUT2D eigenvalue weighted by molar-refractivity contribution is -0.139. The van der Waals surface area contributed by atoms with E-state index in [1.54, 1.807) is 0 Å².